The Balaban J connectivity index is 0.000000223. The Hall–Kier alpha value is -0.850. The number of aliphatic hydroxyl groups excluding tert-OH is 2. The van der Waals surface area contributed by atoms with Crippen LogP contribution in [-0.2, 0) is 14.2 Å². The van der Waals surface area contributed by atoms with Gasteiger partial charge in [-0.1, -0.05) is 0 Å². The zero-order chi connectivity index (χ0) is 9.94. The minimum Gasteiger partial charge on any atom is -0.431 e. The topological polar surface area (TPSA) is 85.2 Å². The van der Waals surface area contributed by atoms with Gasteiger partial charge in [-0.25, -0.2) is 4.79 Å². The van der Waals surface area contributed by atoms with Crippen LogP contribution >= 0.6 is 0 Å². The molecule has 78 valence electrons. The highest BCUT2D eigenvalue weighted by atomic mass is 16.8. The van der Waals surface area contributed by atoms with Gasteiger partial charge in [-0.05, 0) is 0 Å². The van der Waals surface area contributed by atoms with Gasteiger partial charge in [0.2, 0.25) is 0 Å². The van der Waals surface area contributed by atoms with E-state index in [2.05, 4.69) is 14.2 Å². The molecule has 0 aliphatic carbocycles. The smallest absolute Gasteiger partial charge is 0.431 e. The van der Waals surface area contributed by atoms with E-state index >= 15 is 0 Å². The molecule has 0 radical (unpaired) electrons. The van der Waals surface area contributed by atoms with Gasteiger partial charge in [0, 0.05) is 0 Å². The average Bonchev–Trinajstić information content (AvgIpc) is 2.58. The number of hydrogen-bond acceptors (Lipinski definition) is 6. The minimum absolute atomic E-state index is 0.0278. The first kappa shape index (κ1) is 12.2. The van der Waals surface area contributed by atoms with Crippen LogP contribution in [0.25, 0.3) is 0 Å². The third-order valence-electron chi connectivity index (χ3n) is 0.994. The number of hydrogen-bond donors (Lipinski definition) is 2. The molecule has 1 aliphatic rings. The predicted octanol–water partition coefficient (Wildman–Crippen LogP) is -0.859. The highest BCUT2D eigenvalue weighted by Crippen LogP contribution is 1.92. The van der Waals surface area contributed by atoms with Crippen molar-refractivity contribution in [2.24, 2.45) is 0 Å². The van der Waals surface area contributed by atoms with Crippen molar-refractivity contribution in [1.29, 1.82) is 0 Å². The zero-order valence-electron chi connectivity index (χ0n) is 7.27. The summed E-state index contributed by atoms with van der Waals surface area (Å²) in [5, 5.41) is 16.2. The molecule has 1 aliphatic heterocycles. The molecule has 0 aromatic carbocycles. The molecule has 1 saturated heterocycles. The summed E-state index contributed by atoms with van der Waals surface area (Å²) in [4.78, 5) is 9.80. The first-order valence-electron chi connectivity index (χ1n) is 3.90. The lowest BCUT2D eigenvalue weighted by atomic mass is 10.7. The largest absolute Gasteiger partial charge is 0.508 e. The second kappa shape index (κ2) is 9.24. The molecule has 6 nitrogen and oxygen atoms in total. The Morgan fingerprint density at radius 1 is 1.15 bits per heavy atom. The fourth-order valence-corrected chi connectivity index (χ4v) is 0.523. The Labute approximate surface area is 76.0 Å². The van der Waals surface area contributed by atoms with E-state index in [-0.39, 0.29) is 13.2 Å². The van der Waals surface area contributed by atoms with Crippen LogP contribution in [0.4, 0.5) is 4.79 Å². The Kier molecular flexibility index (Phi) is 8.64. The molecular weight excluding hydrogens is 180 g/mol. The van der Waals surface area contributed by atoms with E-state index in [1.165, 1.54) is 0 Å². The zero-order valence-corrected chi connectivity index (χ0v) is 7.27. The number of carbonyl (C=O) groups is 1. The SMILES string of the molecule is O=C1OCCO1.OCCOCCO. The molecule has 0 aromatic rings. The summed E-state index contributed by atoms with van der Waals surface area (Å²) in [7, 11) is 0. The molecule has 6 heteroatoms. The van der Waals surface area contributed by atoms with E-state index in [1.807, 2.05) is 0 Å². The average molecular weight is 194 g/mol. The van der Waals surface area contributed by atoms with Crippen LogP contribution in [0.15, 0.2) is 0 Å². The number of aliphatic hydroxyl groups is 2. The first-order chi connectivity index (χ1) is 6.31. The van der Waals surface area contributed by atoms with Gasteiger partial charge >= 0.3 is 6.16 Å². The van der Waals surface area contributed by atoms with Crippen molar-refractivity contribution >= 4 is 6.16 Å². The summed E-state index contributed by atoms with van der Waals surface area (Å²) in [6.45, 7) is 1.53. The third kappa shape index (κ3) is 9.06. The van der Waals surface area contributed by atoms with Gasteiger partial charge in [0.15, 0.2) is 0 Å². The second-order valence-electron chi connectivity index (χ2n) is 2.01. The monoisotopic (exact) mass is 194 g/mol. The number of carbonyl (C=O) groups excluding carboxylic acids is 1. The van der Waals surface area contributed by atoms with Gasteiger partial charge in [-0.3, -0.25) is 0 Å². The molecule has 1 fully saturated rings. The van der Waals surface area contributed by atoms with Gasteiger partial charge in [0.05, 0.1) is 26.4 Å². The summed E-state index contributed by atoms with van der Waals surface area (Å²) in [5.41, 5.74) is 0. The maximum atomic E-state index is 9.80. The summed E-state index contributed by atoms with van der Waals surface area (Å²) >= 11 is 0. The maximum absolute atomic E-state index is 9.80. The van der Waals surface area contributed by atoms with Crippen LogP contribution in [-0.4, -0.2) is 56.0 Å². The highest BCUT2D eigenvalue weighted by molar-refractivity contribution is 5.61. The molecule has 2 N–H and O–H groups in total. The van der Waals surface area contributed by atoms with Crippen molar-refractivity contribution in [3.8, 4) is 0 Å². The number of rotatable bonds is 4. The van der Waals surface area contributed by atoms with E-state index in [4.69, 9.17) is 10.2 Å². The molecule has 0 amide bonds. The highest BCUT2D eigenvalue weighted by Gasteiger charge is 2.09. The molecule has 0 atom stereocenters. The van der Waals surface area contributed by atoms with Gasteiger partial charge in [-0.15, -0.1) is 0 Å². The van der Waals surface area contributed by atoms with Crippen molar-refractivity contribution < 1.29 is 29.2 Å². The van der Waals surface area contributed by atoms with E-state index in [0.717, 1.165) is 0 Å². The lowest BCUT2D eigenvalue weighted by Gasteiger charge is -1.94. The van der Waals surface area contributed by atoms with Crippen molar-refractivity contribution in [1.82, 2.24) is 0 Å². The number of ether oxygens (including phenoxy) is 3. The fraction of sp³-hybridized carbons (Fsp3) is 0.857. The van der Waals surface area contributed by atoms with Crippen molar-refractivity contribution in [2.75, 3.05) is 39.6 Å². The lowest BCUT2D eigenvalue weighted by Crippen LogP contribution is -2.03. The fourth-order valence-electron chi connectivity index (χ4n) is 0.523. The molecule has 0 saturated carbocycles. The van der Waals surface area contributed by atoms with E-state index < -0.39 is 6.16 Å². The van der Waals surface area contributed by atoms with Crippen LogP contribution in [0, 0.1) is 0 Å². The van der Waals surface area contributed by atoms with Crippen molar-refractivity contribution in [2.45, 2.75) is 0 Å². The lowest BCUT2D eigenvalue weighted by molar-refractivity contribution is 0.0650. The molecule has 0 unspecified atom stereocenters. The van der Waals surface area contributed by atoms with Gasteiger partial charge < -0.3 is 24.4 Å². The molecule has 0 aromatic heterocycles. The van der Waals surface area contributed by atoms with Crippen molar-refractivity contribution in [3.63, 3.8) is 0 Å². The van der Waals surface area contributed by atoms with Crippen LogP contribution < -0.4 is 0 Å². The molecule has 1 heterocycles. The molecule has 0 bridgehead atoms. The quantitative estimate of drug-likeness (QED) is 0.447. The Morgan fingerprint density at radius 3 is 1.85 bits per heavy atom. The normalized spacial score (nSPS) is 14.2. The molecule has 13 heavy (non-hydrogen) atoms. The minimum atomic E-state index is -0.546. The van der Waals surface area contributed by atoms with E-state index in [0.29, 0.717) is 26.4 Å². The molecule has 1 rings (SSSR count). The van der Waals surface area contributed by atoms with Gasteiger partial charge in [0.1, 0.15) is 13.2 Å². The van der Waals surface area contributed by atoms with Gasteiger partial charge in [0.25, 0.3) is 0 Å². The van der Waals surface area contributed by atoms with Crippen LogP contribution in [0.5, 0.6) is 0 Å². The summed E-state index contributed by atoms with van der Waals surface area (Å²) in [5.74, 6) is 0. The van der Waals surface area contributed by atoms with Gasteiger partial charge in [-0.2, -0.15) is 0 Å². The molecule has 0 spiro atoms. The Morgan fingerprint density at radius 2 is 1.62 bits per heavy atom. The molecular formula is C7H14O6. The van der Waals surface area contributed by atoms with E-state index in [1.54, 1.807) is 0 Å². The van der Waals surface area contributed by atoms with E-state index in [9.17, 15) is 4.79 Å². The summed E-state index contributed by atoms with van der Waals surface area (Å²) in [6.07, 6.45) is -0.546. The number of cyclic esters (lactones) is 2. The first-order valence-corrected chi connectivity index (χ1v) is 3.90. The van der Waals surface area contributed by atoms with Crippen LogP contribution in [0.1, 0.15) is 0 Å². The van der Waals surface area contributed by atoms with Crippen LogP contribution in [0.2, 0.25) is 0 Å². The Bertz CT molecular complexity index is 114. The summed E-state index contributed by atoms with van der Waals surface area (Å²) in [6, 6.07) is 0. The standard InChI is InChI=1S/C4H10O3.C3H4O3/c5-1-3-7-4-2-6;4-3-5-1-2-6-3/h5-6H,1-4H2;1-2H2. The summed E-state index contributed by atoms with van der Waals surface area (Å²) < 4.78 is 13.2. The maximum Gasteiger partial charge on any atom is 0.508 e. The van der Waals surface area contributed by atoms with Crippen molar-refractivity contribution in [3.05, 3.63) is 0 Å². The third-order valence-corrected chi connectivity index (χ3v) is 0.994. The predicted molar refractivity (Wildman–Crippen MR) is 42.3 cm³/mol. The van der Waals surface area contributed by atoms with Crippen LogP contribution in [0.3, 0.4) is 0 Å². The second-order valence-corrected chi connectivity index (χ2v) is 2.01.